The number of carbonyl (C=O) groups is 1. The van der Waals surface area contributed by atoms with Crippen molar-refractivity contribution in [2.45, 2.75) is 5.94 Å². The molecule has 0 aliphatic heterocycles. The lowest BCUT2D eigenvalue weighted by atomic mass is 9.85. The van der Waals surface area contributed by atoms with E-state index in [-0.39, 0.29) is 0 Å². The fraction of sp³-hybridized carbons (Fsp3) is 0.500. The molecule has 1 atom stereocenters. The van der Waals surface area contributed by atoms with Crippen LogP contribution in [-0.4, -0.2) is 24.4 Å². The zero-order chi connectivity index (χ0) is 5.86. The summed E-state index contributed by atoms with van der Waals surface area (Å²) in [4.78, 5) is 9.69. The highest BCUT2D eigenvalue weighted by atomic mass is 16.4. The van der Waals surface area contributed by atoms with E-state index in [1.807, 2.05) is 0 Å². The summed E-state index contributed by atoms with van der Waals surface area (Å²) < 4.78 is 0. The third kappa shape index (κ3) is 2.19. The molecule has 0 rings (SSSR count). The molecule has 0 heterocycles. The maximum atomic E-state index is 9.69. The van der Waals surface area contributed by atoms with Crippen LogP contribution in [0.5, 0.6) is 0 Å². The molecule has 5 heteroatoms. The summed E-state index contributed by atoms with van der Waals surface area (Å²) in [7, 11) is 0.919. The zero-order valence-corrected chi connectivity index (χ0v) is 3.66. The fourth-order valence-corrected chi connectivity index (χ4v) is 0.0823. The summed E-state index contributed by atoms with van der Waals surface area (Å²) in [5, 5.41) is 7.95. The molecule has 0 saturated carbocycles. The van der Waals surface area contributed by atoms with Crippen LogP contribution in [0.3, 0.4) is 0 Å². The number of carboxylic acids is 1. The second-order valence-corrected chi connectivity index (χ2v) is 1.06. The molecule has 1 unspecified atom stereocenters. The van der Waals surface area contributed by atoms with Crippen molar-refractivity contribution in [1.29, 1.82) is 0 Å². The fourth-order valence-electron chi connectivity index (χ4n) is 0.0823. The van der Waals surface area contributed by atoms with E-state index >= 15 is 0 Å². The van der Waals surface area contributed by atoms with Gasteiger partial charge in [0, 0.05) is 0 Å². The largest absolute Gasteiger partial charge is 0.481 e. The first-order valence-corrected chi connectivity index (χ1v) is 1.72. The summed E-state index contributed by atoms with van der Waals surface area (Å²) >= 11 is 0. The first-order valence-electron chi connectivity index (χ1n) is 1.72. The first-order chi connectivity index (χ1) is 3.18. The molecular formula is C2H6BN2O2. The number of carboxylic acid groups (broad SMARTS) is 1. The molecule has 5 N–H and O–H groups in total. The number of nitrogens with two attached hydrogens (primary N) is 2. The molecular weight excluding hydrogens is 94.8 g/mol. The average Bonchev–Trinajstić information content (AvgIpc) is 1.65. The Morgan fingerprint density at radius 1 is 1.86 bits per heavy atom. The minimum Gasteiger partial charge on any atom is -0.481 e. The topological polar surface area (TPSA) is 89.3 Å². The predicted molar refractivity (Wildman–Crippen MR) is 25.6 cm³/mol. The standard InChI is InChI=1S/C2H6BN2O2/c4-1(3-5)2(6)7/h1H,4-5H2,(H,6,7). The van der Waals surface area contributed by atoms with Crippen molar-refractivity contribution >= 4 is 13.4 Å². The van der Waals surface area contributed by atoms with Crippen LogP contribution in [0.15, 0.2) is 0 Å². The number of rotatable bonds is 2. The monoisotopic (exact) mass is 101 g/mol. The second kappa shape index (κ2) is 2.60. The van der Waals surface area contributed by atoms with Crippen molar-refractivity contribution in [2.75, 3.05) is 0 Å². The summed E-state index contributed by atoms with van der Waals surface area (Å²) in [6.07, 6.45) is 0. The van der Waals surface area contributed by atoms with Crippen LogP contribution in [0.4, 0.5) is 0 Å². The van der Waals surface area contributed by atoms with Crippen molar-refractivity contribution < 1.29 is 9.90 Å². The maximum Gasteiger partial charge on any atom is 0.313 e. The molecule has 0 aromatic heterocycles. The molecule has 0 bridgehead atoms. The smallest absolute Gasteiger partial charge is 0.313 e. The minimum atomic E-state index is -1.11. The van der Waals surface area contributed by atoms with E-state index in [2.05, 4.69) is 0 Å². The molecule has 4 nitrogen and oxygen atoms in total. The van der Waals surface area contributed by atoms with Crippen molar-refractivity contribution in [3.63, 3.8) is 0 Å². The van der Waals surface area contributed by atoms with Gasteiger partial charge in [-0.1, -0.05) is 0 Å². The van der Waals surface area contributed by atoms with Crippen LogP contribution in [0, 0.1) is 0 Å². The Kier molecular flexibility index (Phi) is 2.40. The van der Waals surface area contributed by atoms with E-state index in [4.69, 9.17) is 16.5 Å². The normalized spacial score (nSPS) is 12.9. The SMILES string of the molecule is N[B]C(N)C(=O)O. The Bertz CT molecular complexity index is 76.1. The van der Waals surface area contributed by atoms with Gasteiger partial charge in [-0.2, -0.15) is 0 Å². The van der Waals surface area contributed by atoms with E-state index < -0.39 is 11.9 Å². The van der Waals surface area contributed by atoms with Crippen LogP contribution >= 0.6 is 0 Å². The summed E-state index contributed by atoms with van der Waals surface area (Å²) in [5.74, 6) is -2.14. The third-order valence-electron chi connectivity index (χ3n) is 0.492. The van der Waals surface area contributed by atoms with Gasteiger partial charge < -0.3 is 16.5 Å². The Labute approximate surface area is 41.7 Å². The van der Waals surface area contributed by atoms with E-state index in [1.165, 1.54) is 0 Å². The summed E-state index contributed by atoms with van der Waals surface area (Å²) in [6.45, 7) is 0. The van der Waals surface area contributed by atoms with Crippen molar-refractivity contribution in [2.24, 2.45) is 11.4 Å². The van der Waals surface area contributed by atoms with Gasteiger partial charge in [-0.25, -0.2) is 0 Å². The van der Waals surface area contributed by atoms with Gasteiger partial charge in [0.15, 0.2) is 0 Å². The van der Waals surface area contributed by atoms with Crippen LogP contribution in [0.1, 0.15) is 0 Å². The zero-order valence-electron chi connectivity index (χ0n) is 3.66. The minimum absolute atomic E-state index is 0.919. The quantitative estimate of drug-likeness (QED) is 0.348. The highest BCUT2D eigenvalue weighted by Crippen LogP contribution is 1.65. The highest BCUT2D eigenvalue weighted by molar-refractivity contribution is 6.39. The van der Waals surface area contributed by atoms with Crippen LogP contribution < -0.4 is 11.4 Å². The molecule has 0 aromatic carbocycles. The first kappa shape index (κ1) is 6.45. The molecule has 0 saturated heterocycles. The lowest BCUT2D eigenvalue weighted by Crippen LogP contribution is -2.40. The summed E-state index contributed by atoms with van der Waals surface area (Å²) in [5.41, 5.74) is 9.58. The maximum absolute atomic E-state index is 9.69. The molecule has 7 heavy (non-hydrogen) atoms. The molecule has 0 amide bonds. The van der Waals surface area contributed by atoms with Gasteiger partial charge in [0.05, 0.1) is 5.94 Å². The average molecular weight is 101 g/mol. The molecule has 0 aliphatic rings. The number of hydrogen-bond acceptors (Lipinski definition) is 3. The van der Waals surface area contributed by atoms with Crippen LogP contribution in [0.25, 0.3) is 0 Å². The van der Waals surface area contributed by atoms with E-state index in [0.29, 0.717) is 0 Å². The lowest BCUT2D eigenvalue weighted by molar-refractivity contribution is -0.136. The van der Waals surface area contributed by atoms with Gasteiger partial charge in [-0.15, -0.1) is 0 Å². The second-order valence-electron chi connectivity index (χ2n) is 1.06. The van der Waals surface area contributed by atoms with Gasteiger partial charge in [0.2, 0.25) is 7.41 Å². The Hall–Kier alpha value is -0.545. The predicted octanol–water partition coefficient (Wildman–Crippen LogP) is -2.07. The molecule has 39 valence electrons. The lowest BCUT2D eigenvalue weighted by Gasteiger charge is -1.95. The Morgan fingerprint density at radius 3 is 2.29 bits per heavy atom. The molecule has 0 fully saturated rings. The van der Waals surface area contributed by atoms with Crippen LogP contribution in [-0.2, 0) is 4.79 Å². The van der Waals surface area contributed by atoms with E-state index in [1.54, 1.807) is 0 Å². The molecule has 0 aromatic rings. The van der Waals surface area contributed by atoms with Gasteiger partial charge in [0.1, 0.15) is 0 Å². The molecule has 1 radical (unpaired) electrons. The van der Waals surface area contributed by atoms with Crippen molar-refractivity contribution in [1.82, 2.24) is 0 Å². The third-order valence-corrected chi connectivity index (χ3v) is 0.492. The highest BCUT2D eigenvalue weighted by Gasteiger charge is 2.08. The van der Waals surface area contributed by atoms with Crippen molar-refractivity contribution in [3.8, 4) is 0 Å². The van der Waals surface area contributed by atoms with Gasteiger partial charge in [0.25, 0.3) is 0 Å². The number of aliphatic carboxylic acids is 1. The van der Waals surface area contributed by atoms with E-state index in [9.17, 15) is 4.79 Å². The van der Waals surface area contributed by atoms with Gasteiger partial charge in [-0.05, 0) is 0 Å². The molecule has 0 aliphatic carbocycles. The Morgan fingerprint density at radius 2 is 2.29 bits per heavy atom. The van der Waals surface area contributed by atoms with Crippen molar-refractivity contribution in [3.05, 3.63) is 0 Å². The van der Waals surface area contributed by atoms with E-state index in [0.717, 1.165) is 7.41 Å². The van der Waals surface area contributed by atoms with Crippen LogP contribution in [0.2, 0.25) is 0 Å². The Balaban J connectivity index is 3.34. The molecule has 0 spiro atoms. The summed E-state index contributed by atoms with van der Waals surface area (Å²) in [6, 6.07) is 0. The number of hydrogen-bond donors (Lipinski definition) is 3. The van der Waals surface area contributed by atoms with Gasteiger partial charge in [-0.3, -0.25) is 4.79 Å². The van der Waals surface area contributed by atoms with Gasteiger partial charge >= 0.3 is 5.97 Å².